The number of piperidine rings is 1. The normalized spacial score (nSPS) is 14.4. The summed E-state index contributed by atoms with van der Waals surface area (Å²) in [6, 6.07) is 20.3. The lowest BCUT2D eigenvalue weighted by molar-refractivity contribution is -0.137. The molecule has 2 N–H and O–H groups in total. The SMILES string of the molecule is NCc1cccc(C2CCN(C(=O)c3cccc(C#Cc4ccccc4C(F)(F)F)c3)CC2)c1. The highest BCUT2D eigenvalue weighted by Crippen LogP contribution is 2.32. The summed E-state index contributed by atoms with van der Waals surface area (Å²) in [5, 5.41) is 0. The van der Waals surface area contributed by atoms with Gasteiger partial charge in [0, 0.05) is 36.3 Å². The van der Waals surface area contributed by atoms with Crippen LogP contribution in [0, 0.1) is 11.8 Å². The Kier molecular flexibility index (Phi) is 7.04. The van der Waals surface area contributed by atoms with Crippen molar-refractivity contribution >= 4 is 5.91 Å². The summed E-state index contributed by atoms with van der Waals surface area (Å²) >= 11 is 0. The van der Waals surface area contributed by atoms with Crippen molar-refractivity contribution in [2.24, 2.45) is 5.73 Å². The van der Waals surface area contributed by atoms with Crippen LogP contribution in [0.25, 0.3) is 0 Å². The van der Waals surface area contributed by atoms with Gasteiger partial charge in [0.05, 0.1) is 5.56 Å². The van der Waals surface area contributed by atoms with Gasteiger partial charge in [-0.15, -0.1) is 0 Å². The Morgan fingerprint density at radius 1 is 0.941 bits per heavy atom. The van der Waals surface area contributed by atoms with Crippen LogP contribution in [-0.2, 0) is 12.7 Å². The molecule has 1 aliphatic rings. The van der Waals surface area contributed by atoms with Gasteiger partial charge in [0.1, 0.15) is 0 Å². The van der Waals surface area contributed by atoms with E-state index >= 15 is 0 Å². The molecular formula is C28H25F3N2O. The summed E-state index contributed by atoms with van der Waals surface area (Å²) in [6.07, 6.45) is -2.73. The minimum atomic E-state index is -4.47. The van der Waals surface area contributed by atoms with E-state index in [0.717, 1.165) is 24.5 Å². The molecule has 1 fully saturated rings. The second-order valence-corrected chi connectivity index (χ2v) is 8.39. The van der Waals surface area contributed by atoms with Crippen molar-refractivity contribution in [2.45, 2.75) is 31.5 Å². The van der Waals surface area contributed by atoms with Crippen LogP contribution in [0.2, 0.25) is 0 Å². The van der Waals surface area contributed by atoms with E-state index in [9.17, 15) is 18.0 Å². The molecule has 34 heavy (non-hydrogen) atoms. The van der Waals surface area contributed by atoms with Crippen LogP contribution in [0.3, 0.4) is 0 Å². The topological polar surface area (TPSA) is 46.3 Å². The zero-order chi connectivity index (χ0) is 24.1. The highest BCUT2D eigenvalue weighted by Gasteiger charge is 2.32. The standard InChI is InChI=1S/C28H25F3N2O/c29-28(30,31)26-10-2-1-7-23(26)12-11-20-5-3-9-25(17-20)27(34)33-15-13-22(14-16-33)24-8-4-6-21(18-24)19-32/h1-10,17-18,22H,13-16,19,32H2. The Balaban J connectivity index is 1.45. The molecule has 1 aliphatic heterocycles. The molecule has 3 nitrogen and oxygen atoms in total. The number of halogens is 3. The Bertz CT molecular complexity index is 1230. The van der Waals surface area contributed by atoms with E-state index in [2.05, 4.69) is 24.0 Å². The molecule has 174 valence electrons. The first kappa shape index (κ1) is 23.6. The number of alkyl halides is 3. The lowest BCUT2D eigenvalue weighted by atomic mass is 9.88. The molecule has 0 bridgehead atoms. The Hall–Kier alpha value is -3.56. The van der Waals surface area contributed by atoms with Crippen molar-refractivity contribution in [1.29, 1.82) is 0 Å². The summed E-state index contributed by atoms with van der Waals surface area (Å²) in [6.45, 7) is 1.79. The number of benzene rings is 3. The summed E-state index contributed by atoms with van der Waals surface area (Å²) in [4.78, 5) is 14.9. The monoisotopic (exact) mass is 462 g/mol. The van der Waals surface area contributed by atoms with E-state index in [1.807, 2.05) is 17.0 Å². The van der Waals surface area contributed by atoms with Gasteiger partial charge in [-0.2, -0.15) is 13.2 Å². The summed E-state index contributed by atoms with van der Waals surface area (Å²) in [5.74, 6) is 5.69. The number of rotatable bonds is 3. The van der Waals surface area contributed by atoms with Crippen LogP contribution < -0.4 is 5.73 Å². The number of nitrogens with zero attached hydrogens (tertiary/aromatic N) is 1. The second kappa shape index (κ2) is 10.1. The molecule has 0 atom stereocenters. The Labute approximate surface area is 197 Å². The maximum atomic E-state index is 13.2. The first-order valence-electron chi connectivity index (χ1n) is 11.2. The molecule has 4 rings (SSSR count). The second-order valence-electron chi connectivity index (χ2n) is 8.39. The molecule has 0 spiro atoms. The lowest BCUT2D eigenvalue weighted by Crippen LogP contribution is -2.37. The van der Waals surface area contributed by atoms with Gasteiger partial charge in [0.15, 0.2) is 0 Å². The van der Waals surface area contributed by atoms with Crippen LogP contribution >= 0.6 is 0 Å². The molecule has 1 saturated heterocycles. The van der Waals surface area contributed by atoms with Gasteiger partial charge in [-0.3, -0.25) is 4.79 Å². The van der Waals surface area contributed by atoms with Gasteiger partial charge in [0.25, 0.3) is 5.91 Å². The first-order valence-corrected chi connectivity index (χ1v) is 11.2. The van der Waals surface area contributed by atoms with Crippen molar-refractivity contribution < 1.29 is 18.0 Å². The third-order valence-electron chi connectivity index (χ3n) is 6.12. The number of amides is 1. The maximum absolute atomic E-state index is 13.2. The van der Waals surface area contributed by atoms with Crippen molar-refractivity contribution in [3.63, 3.8) is 0 Å². The van der Waals surface area contributed by atoms with E-state index in [4.69, 9.17) is 5.73 Å². The van der Waals surface area contributed by atoms with Crippen LogP contribution in [0.1, 0.15) is 56.9 Å². The average molecular weight is 463 g/mol. The number of hydrogen-bond acceptors (Lipinski definition) is 2. The van der Waals surface area contributed by atoms with E-state index < -0.39 is 11.7 Å². The third-order valence-corrected chi connectivity index (χ3v) is 6.12. The Morgan fingerprint density at radius 2 is 1.68 bits per heavy atom. The van der Waals surface area contributed by atoms with E-state index in [1.54, 1.807) is 24.3 Å². The summed E-state index contributed by atoms with van der Waals surface area (Å²) in [5.41, 5.74) is 8.24. The number of likely N-dealkylation sites (tertiary alicyclic amines) is 1. The summed E-state index contributed by atoms with van der Waals surface area (Å²) in [7, 11) is 0. The predicted octanol–water partition coefficient (Wildman–Crippen LogP) is 5.58. The molecule has 6 heteroatoms. The quantitative estimate of drug-likeness (QED) is 0.517. The average Bonchev–Trinajstić information content (AvgIpc) is 2.87. The zero-order valence-corrected chi connectivity index (χ0v) is 18.6. The smallest absolute Gasteiger partial charge is 0.339 e. The Morgan fingerprint density at radius 3 is 2.41 bits per heavy atom. The minimum Gasteiger partial charge on any atom is -0.339 e. The van der Waals surface area contributed by atoms with Gasteiger partial charge < -0.3 is 10.6 Å². The van der Waals surface area contributed by atoms with Gasteiger partial charge in [0.2, 0.25) is 0 Å². The van der Waals surface area contributed by atoms with Crippen molar-refractivity contribution in [3.8, 4) is 11.8 Å². The fraction of sp³-hybridized carbons (Fsp3) is 0.250. The van der Waals surface area contributed by atoms with Gasteiger partial charge in [-0.05, 0) is 60.2 Å². The molecule has 1 amide bonds. The predicted molar refractivity (Wildman–Crippen MR) is 126 cm³/mol. The van der Waals surface area contributed by atoms with Crippen LogP contribution in [0.15, 0.2) is 72.8 Å². The fourth-order valence-electron chi connectivity index (χ4n) is 4.28. The molecule has 0 saturated carbocycles. The van der Waals surface area contributed by atoms with Crippen LogP contribution in [-0.4, -0.2) is 23.9 Å². The molecule has 0 radical (unpaired) electrons. The minimum absolute atomic E-state index is 0.0894. The van der Waals surface area contributed by atoms with E-state index in [-0.39, 0.29) is 11.5 Å². The fourth-order valence-corrected chi connectivity index (χ4v) is 4.28. The molecule has 3 aromatic rings. The molecule has 0 aromatic heterocycles. The van der Waals surface area contributed by atoms with Gasteiger partial charge in [-0.1, -0.05) is 54.3 Å². The molecular weight excluding hydrogens is 437 g/mol. The van der Waals surface area contributed by atoms with E-state index in [0.29, 0.717) is 36.7 Å². The van der Waals surface area contributed by atoms with Crippen molar-refractivity contribution in [2.75, 3.05) is 13.1 Å². The molecule has 0 aliphatic carbocycles. The van der Waals surface area contributed by atoms with Gasteiger partial charge >= 0.3 is 6.18 Å². The molecule has 0 unspecified atom stereocenters. The highest BCUT2D eigenvalue weighted by atomic mass is 19.4. The number of nitrogens with two attached hydrogens (primary N) is 1. The van der Waals surface area contributed by atoms with Crippen molar-refractivity contribution in [3.05, 3.63) is 106 Å². The third kappa shape index (κ3) is 5.49. The first-order chi connectivity index (χ1) is 16.3. The highest BCUT2D eigenvalue weighted by molar-refractivity contribution is 5.94. The lowest BCUT2D eigenvalue weighted by Gasteiger charge is -2.32. The number of carbonyl (C=O) groups excluding carboxylic acids is 1. The number of carbonyl (C=O) groups is 1. The van der Waals surface area contributed by atoms with E-state index in [1.165, 1.54) is 23.8 Å². The van der Waals surface area contributed by atoms with Crippen LogP contribution in [0.5, 0.6) is 0 Å². The molecule has 1 heterocycles. The largest absolute Gasteiger partial charge is 0.417 e. The van der Waals surface area contributed by atoms with Crippen LogP contribution in [0.4, 0.5) is 13.2 Å². The van der Waals surface area contributed by atoms with Crippen molar-refractivity contribution in [1.82, 2.24) is 4.90 Å². The number of hydrogen-bond donors (Lipinski definition) is 1. The molecule has 3 aromatic carbocycles. The maximum Gasteiger partial charge on any atom is 0.417 e. The zero-order valence-electron chi connectivity index (χ0n) is 18.6. The summed E-state index contributed by atoms with van der Waals surface area (Å²) < 4.78 is 39.6. The van der Waals surface area contributed by atoms with Gasteiger partial charge in [-0.25, -0.2) is 0 Å².